The first-order valence-electron chi connectivity index (χ1n) is 7.01. The van der Waals surface area contributed by atoms with E-state index in [0.717, 1.165) is 29.2 Å². The lowest BCUT2D eigenvalue weighted by molar-refractivity contribution is -0.119. The molecule has 1 amide bonds. The van der Waals surface area contributed by atoms with E-state index in [2.05, 4.69) is 12.2 Å². The van der Waals surface area contributed by atoms with Gasteiger partial charge >= 0.3 is 0 Å². The van der Waals surface area contributed by atoms with Gasteiger partial charge in [-0.25, -0.2) is 0 Å². The molecule has 20 heavy (non-hydrogen) atoms. The first-order chi connectivity index (χ1) is 9.69. The van der Waals surface area contributed by atoms with E-state index in [-0.39, 0.29) is 11.9 Å². The Morgan fingerprint density at radius 3 is 2.85 bits per heavy atom. The summed E-state index contributed by atoms with van der Waals surface area (Å²) in [7, 11) is 0. The van der Waals surface area contributed by atoms with Crippen LogP contribution in [-0.2, 0) is 4.79 Å². The number of amides is 1. The Balaban J connectivity index is 1.90. The van der Waals surface area contributed by atoms with Crippen molar-refractivity contribution in [1.29, 1.82) is 0 Å². The maximum Gasteiger partial charge on any atom is 0.230 e. The SMILES string of the molecule is CCC(C)NC(=O)CSc1ccc2c(c1)OCCCO2. The lowest BCUT2D eigenvalue weighted by Crippen LogP contribution is -2.33. The predicted octanol–water partition coefficient (Wildman–Crippen LogP) is 2.85. The van der Waals surface area contributed by atoms with Gasteiger partial charge in [0.2, 0.25) is 5.91 Å². The molecule has 1 N–H and O–H groups in total. The van der Waals surface area contributed by atoms with Crippen molar-refractivity contribution in [2.45, 2.75) is 37.6 Å². The standard InChI is InChI=1S/C15H21NO3S/c1-3-11(2)16-15(17)10-20-12-5-6-13-14(9-12)19-8-4-7-18-13/h5-6,9,11H,3-4,7-8,10H2,1-2H3,(H,16,17). The first kappa shape index (κ1) is 15.0. The Labute approximate surface area is 124 Å². The minimum atomic E-state index is 0.0662. The van der Waals surface area contributed by atoms with Gasteiger partial charge in [-0.1, -0.05) is 6.92 Å². The van der Waals surface area contributed by atoms with Gasteiger partial charge in [-0.15, -0.1) is 11.8 Å². The van der Waals surface area contributed by atoms with Crippen LogP contribution in [0.1, 0.15) is 26.7 Å². The summed E-state index contributed by atoms with van der Waals surface area (Å²) in [6.45, 7) is 5.43. The number of fused-ring (bicyclic) bond motifs is 1. The van der Waals surface area contributed by atoms with Gasteiger partial charge in [0.1, 0.15) is 0 Å². The molecule has 0 bridgehead atoms. The minimum absolute atomic E-state index is 0.0662. The van der Waals surface area contributed by atoms with Crippen molar-refractivity contribution >= 4 is 17.7 Å². The molecule has 1 atom stereocenters. The fourth-order valence-electron chi connectivity index (χ4n) is 1.80. The summed E-state index contributed by atoms with van der Waals surface area (Å²) in [5, 5.41) is 2.96. The Morgan fingerprint density at radius 1 is 1.35 bits per heavy atom. The Hall–Kier alpha value is -1.36. The highest BCUT2D eigenvalue weighted by Crippen LogP contribution is 2.33. The van der Waals surface area contributed by atoms with Crippen LogP contribution in [-0.4, -0.2) is 30.9 Å². The zero-order valence-electron chi connectivity index (χ0n) is 12.0. The monoisotopic (exact) mass is 295 g/mol. The van der Waals surface area contributed by atoms with E-state index in [4.69, 9.17) is 9.47 Å². The normalized spacial score (nSPS) is 15.3. The second-order valence-corrected chi connectivity index (χ2v) is 5.87. The molecule has 1 aliphatic rings. The van der Waals surface area contributed by atoms with Crippen LogP contribution in [0.2, 0.25) is 0 Å². The van der Waals surface area contributed by atoms with E-state index in [0.29, 0.717) is 19.0 Å². The summed E-state index contributed by atoms with van der Waals surface area (Å²) in [5.41, 5.74) is 0. The highest BCUT2D eigenvalue weighted by atomic mass is 32.2. The molecule has 4 nitrogen and oxygen atoms in total. The summed E-state index contributed by atoms with van der Waals surface area (Å²) in [6, 6.07) is 6.05. The minimum Gasteiger partial charge on any atom is -0.490 e. The molecule has 0 radical (unpaired) electrons. The molecule has 2 rings (SSSR count). The smallest absolute Gasteiger partial charge is 0.230 e. The molecule has 0 aliphatic carbocycles. The molecule has 5 heteroatoms. The maximum atomic E-state index is 11.7. The summed E-state index contributed by atoms with van der Waals surface area (Å²) >= 11 is 1.51. The molecular formula is C15H21NO3S. The molecule has 1 aromatic carbocycles. The van der Waals surface area contributed by atoms with Crippen molar-refractivity contribution < 1.29 is 14.3 Å². The number of carbonyl (C=O) groups excluding carboxylic acids is 1. The largest absolute Gasteiger partial charge is 0.490 e. The molecule has 1 aliphatic heterocycles. The summed E-state index contributed by atoms with van der Waals surface area (Å²) in [5.74, 6) is 2.05. The van der Waals surface area contributed by atoms with Gasteiger partial charge in [-0.2, -0.15) is 0 Å². The van der Waals surface area contributed by atoms with Crippen LogP contribution in [0.3, 0.4) is 0 Å². The second-order valence-electron chi connectivity index (χ2n) is 4.82. The average molecular weight is 295 g/mol. The van der Waals surface area contributed by atoms with Crippen LogP contribution < -0.4 is 14.8 Å². The molecule has 1 heterocycles. The molecule has 110 valence electrons. The van der Waals surface area contributed by atoms with Gasteiger partial charge in [-0.3, -0.25) is 4.79 Å². The van der Waals surface area contributed by atoms with Gasteiger partial charge in [0.15, 0.2) is 11.5 Å². The second kappa shape index (κ2) is 7.43. The van der Waals surface area contributed by atoms with Crippen molar-refractivity contribution in [1.82, 2.24) is 5.32 Å². The van der Waals surface area contributed by atoms with Crippen molar-refractivity contribution in [3.05, 3.63) is 18.2 Å². The quantitative estimate of drug-likeness (QED) is 0.849. The van der Waals surface area contributed by atoms with Gasteiger partial charge in [-0.05, 0) is 31.5 Å². The van der Waals surface area contributed by atoms with E-state index < -0.39 is 0 Å². The number of thioether (sulfide) groups is 1. The summed E-state index contributed by atoms with van der Waals surface area (Å²) in [4.78, 5) is 12.8. The molecule has 0 saturated carbocycles. The van der Waals surface area contributed by atoms with E-state index in [9.17, 15) is 4.79 Å². The van der Waals surface area contributed by atoms with Gasteiger partial charge < -0.3 is 14.8 Å². The Kier molecular flexibility index (Phi) is 5.59. The van der Waals surface area contributed by atoms with Crippen LogP contribution in [0, 0.1) is 0 Å². The number of hydrogen-bond acceptors (Lipinski definition) is 4. The van der Waals surface area contributed by atoms with Crippen molar-refractivity contribution in [3.63, 3.8) is 0 Å². The van der Waals surface area contributed by atoms with Crippen LogP contribution in [0.5, 0.6) is 11.5 Å². The molecule has 1 aromatic rings. The van der Waals surface area contributed by atoms with E-state index in [1.807, 2.05) is 25.1 Å². The number of benzene rings is 1. The fourth-order valence-corrected chi connectivity index (χ4v) is 2.54. The lowest BCUT2D eigenvalue weighted by Gasteiger charge is -2.12. The third-order valence-corrected chi connectivity index (χ3v) is 4.10. The molecule has 0 saturated heterocycles. The predicted molar refractivity (Wildman–Crippen MR) is 80.7 cm³/mol. The van der Waals surface area contributed by atoms with Crippen LogP contribution in [0.4, 0.5) is 0 Å². The number of hydrogen-bond donors (Lipinski definition) is 1. The zero-order chi connectivity index (χ0) is 14.4. The van der Waals surface area contributed by atoms with Crippen LogP contribution >= 0.6 is 11.8 Å². The van der Waals surface area contributed by atoms with Crippen LogP contribution in [0.15, 0.2) is 23.1 Å². The fraction of sp³-hybridized carbons (Fsp3) is 0.533. The van der Waals surface area contributed by atoms with Crippen LogP contribution in [0.25, 0.3) is 0 Å². The summed E-state index contributed by atoms with van der Waals surface area (Å²) < 4.78 is 11.2. The third kappa shape index (κ3) is 4.34. The highest BCUT2D eigenvalue weighted by molar-refractivity contribution is 8.00. The van der Waals surface area contributed by atoms with E-state index >= 15 is 0 Å². The summed E-state index contributed by atoms with van der Waals surface area (Å²) in [6.07, 6.45) is 1.84. The van der Waals surface area contributed by atoms with Crippen molar-refractivity contribution in [2.75, 3.05) is 19.0 Å². The van der Waals surface area contributed by atoms with Gasteiger partial charge in [0.05, 0.1) is 19.0 Å². The maximum absolute atomic E-state index is 11.7. The average Bonchev–Trinajstić information content (AvgIpc) is 2.69. The van der Waals surface area contributed by atoms with Gasteiger partial charge in [0, 0.05) is 17.4 Å². The number of carbonyl (C=O) groups is 1. The lowest BCUT2D eigenvalue weighted by atomic mass is 10.3. The van der Waals surface area contributed by atoms with Crippen molar-refractivity contribution in [2.24, 2.45) is 0 Å². The molecule has 0 fully saturated rings. The first-order valence-corrected chi connectivity index (χ1v) is 7.99. The van der Waals surface area contributed by atoms with E-state index in [1.165, 1.54) is 11.8 Å². The highest BCUT2D eigenvalue weighted by Gasteiger charge is 2.12. The Bertz CT molecular complexity index is 464. The molecule has 0 spiro atoms. The van der Waals surface area contributed by atoms with E-state index in [1.54, 1.807) is 0 Å². The Morgan fingerprint density at radius 2 is 2.10 bits per heavy atom. The molecule has 0 aromatic heterocycles. The number of ether oxygens (including phenoxy) is 2. The molecular weight excluding hydrogens is 274 g/mol. The van der Waals surface area contributed by atoms with Crippen molar-refractivity contribution in [3.8, 4) is 11.5 Å². The number of rotatable bonds is 5. The molecule has 1 unspecified atom stereocenters. The third-order valence-electron chi connectivity index (χ3n) is 3.11. The number of nitrogens with one attached hydrogen (secondary N) is 1. The van der Waals surface area contributed by atoms with Gasteiger partial charge in [0.25, 0.3) is 0 Å². The zero-order valence-corrected chi connectivity index (χ0v) is 12.8. The topological polar surface area (TPSA) is 47.6 Å².